The minimum atomic E-state index is -0.520. The molecule has 2 N–H and O–H groups in total. The van der Waals surface area contributed by atoms with Crippen molar-refractivity contribution >= 4 is 5.91 Å². The highest BCUT2D eigenvalue weighted by molar-refractivity contribution is 5.82. The molecule has 1 saturated heterocycles. The number of carbonyl (C=O) groups is 1. The molecular weight excluding hydrogens is 338 g/mol. The third kappa shape index (κ3) is 5.08. The number of benzene rings is 2. The van der Waals surface area contributed by atoms with E-state index in [-0.39, 0.29) is 11.9 Å². The van der Waals surface area contributed by atoms with E-state index in [1.165, 1.54) is 0 Å². The molecule has 1 fully saturated rings. The lowest BCUT2D eigenvalue weighted by Crippen LogP contribution is -2.49. The number of hydrogen-bond acceptors (Lipinski definition) is 4. The van der Waals surface area contributed by atoms with Gasteiger partial charge in [-0.1, -0.05) is 42.8 Å². The lowest BCUT2D eigenvalue weighted by Gasteiger charge is -2.23. The van der Waals surface area contributed by atoms with E-state index in [4.69, 9.17) is 4.74 Å². The second kappa shape index (κ2) is 9.20. The quantitative estimate of drug-likeness (QED) is 0.827. The monoisotopic (exact) mass is 363 g/mol. The van der Waals surface area contributed by atoms with Crippen LogP contribution in [0.2, 0.25) is 0 Å². The van der Waals surface area contributed by atoms with E-state index >= 15 is 0 Å². The highest BCUT2D eigenvalue weighted by atomic mass is 16.5. The van der Waals surface area contributed by atoms with Gasteiger partial charge in [0.05, 0.1) is 19.2 Å². The first-order chi connectivity index (χ1) is 13.2. The predicted octanol–water partition coefficient (Wildman–Crippen LogP) is 3.06. The average Bonchev–Trinajstić information content (AvgIpc) is 2.74. The van der Waals surface area contributed by atoms with Gasteiger partial charge in [-0.2, -0.15) is 5.26 Å². The van der Waals surface area contributed by atoms with Gasteiger partial charge in [-0.3, -0.25) is 4.79 Å². The fraction of sp³-hybridized carbons (Fsp3) is 0.364. The van der Waals surface area contributed by atoms with Crippen LogP contribution >= 0.6 is 0 Å². The molecule has 5 nitrogen and oxygen atoms in total. The van der Waals surface area contributed by atoms with Gasteiger partial charge in [-0.05, 0) is 48.2 Å². The largest absolute Gasteiger partial charge is 0.497 e. The van der Waals surface area contributed by atoms with Crippen molar-refractivity contribution in [3.05, 3.63) is 54.1 Å². The molecule has 5 heteroatoms. The maximum absolute atomic E-state index is 12.3. The molecule has 27 heavy (non-hydrogen) atoms. The minimum absolute atomic E-state index is 0.0731. The Morgan fingerprint density at radius 2 is 1.85 bits per heavy atom. The number of piperidine rings is 1. The van der Waals surface area contributed by atoms with Gasteiger partial charge in [0.15, 0.2) is 0 Å². The molecule has 0 aromatic heterocycles. The van der Waals surface area contributed by atoms with E-state index < -0.39 is 6.04 Å². The number of hydrogen-bond donors (Lipinski definition) is 2. The number of methoxy groups -OCH3 is 1. The van der Waals surface area contributed by atoms with Gasteiger partial charge in [-0.15, -0.1) is 0 Å². The van der Waals surface area contributed by atoms with Crippen molar-refractivity contribution in [1.29, 1.82) is 5.26 Å². The van der Waals surface area contributed by atoms with Gasteiger partial charge in [-0.25, -0.2) is 0 Å². The number of nitrogens with one attached hydrogen (secondary N) is 2. The fourth-order valence-electron chi connectivity index (χ4n) is 3.33. The van der Waals surface area contributed by atoms with Crippen molar-refractivity contribution in [2.45, 2.75) is 37.8 Å². The third-order valence-electron chi connectivity index (χ3n) is 4.92. The van der Waals surface area contributed by atoms with Crippen LogP contribution < -0.4 is 15.4 Å². The first kappa shape index (κ1) is 18.9. The number of amides is 1. The van der Waals surface area contributed by atoms with Gasteiger partial charge in [0.1, 0.15) is 11.8 Å². The van der Waals surface area contributed by atoms with E-state index in [1.807, 2.05) is 48.5 Å². The zero-order valence-corrected chi connectivity index (χ0v) is 15.6. The number of nitriles is 1. The number of rotatable bonds is 6. The van der Waals surface area contributed by atoms with Crippen molar-refractivity contribution in [3.63, 3.8) is 0 Å². The van der Waals surface area contributed by atoms with Crippen LogP contribution in [0.4, 0.5) is 0 Å². The number of ether oxygens (including phenoxy) is 1. The Morgan fingerprint density at radius 3 is 2.41 bits per heavy atom. The summed E-state index contributed by atoms with van der Waals surface area (Å²) < 4.78 is 5.19. The fourth-order valence-corrected chi connectivity index (χ4v) is 3.33. The van der Waals surface area contributed by atoms with Gasteiger partial charge < -0.3 is 15.4 Å². The summed E-state index contributed by atoms with van der Waals surface area (Å²) in [6.45, 7) is 0.863. The highest BCUT2D eigenvalue weighted by Crippen LogP contribution is 2.23. The van der Waals surface area contributed by atoms with Crippen molar-refractivity contribution < 1.29 is 9.53 Å². The summed E-state index contributed by atoms with van der Waals surface area (Å²) in [6, 6.07) is 17.5. The van der Waals surface area contributed by atoms with Crippen LogP contribution in [0, 0.1) is 11.3 Å². The number of nitrogens with zero attached hydrogens (tertiary/aromatic N) is 1. The van der Waals surface area contributed by atoms with Gasteiger partial charge in [0.2, 0.25) is 5.91 Å². The van der Waals surface area contributed by atoms with E-state index in [2.05, 4.69) is 16.7 Å². The van der Waals surface area contributed by atoms with Crippen LogP contribution in [0.3, 0.4) is 0 Å². The molecule has 3 rings (SSSR count). The molecule has 0 spiro atoms. The van der Waals surface area contributed by atoms with Crippen molar-refractivity contribution in [3.8, 4) is 22.9 Å². The van der Waals surface area contributed by atoms with Crippen molar-refractivity contribution in [2.24, 2.45) is 0 Å². The SMILES string of the molecule is COc1ccc(-c2ccc(C[C@@H](C#N)NC(=O)[C@@H]3CCCCN3)cc2)cc1. The van der Waals surface area contributed by atoms with Crippen LogP contribution in [0.25, 0.3) is 11.1 Å². The van der Waals surface area contributed by atoms with Gasteiger partial charge in [0, 0.05) is 6.42 Å². The molecule has 1 aliphatic rings. The lowest BCUT2D eigenvalue weighted by molar-refractivity contribution is -0.124. The normalized spacial score (nSPS) is 17.6. The van der Waals surface area contributed by atoms with E-state index in [1.54, 1.807) is 7.11 Å². The second-order valence-corrected chi connectivity index (χ2v) is 6.82. The molecule has 0 bridgehead atoms. The first-order valence-electron chi connectivity index (χ1n) is 9.36. The molecule has 1 amide bonds. The smallest absolute Gasteiger partial charge is 0.238 e. The third-order valence-corrected chi connectivity index (χ3v) is 4.92. The molecule has 2 atom stereocenters. The summed E-state index contributed by atoms with van der Waals surface area (Å²) in [4.78, 5) is 12.3. The van der Waals surface area contributed by atoms with Crippen LogP contribution in [-0.2, 0) is 11.2 Å². The van der Waals surface area contributed by atoms with Crippen LogP contribution in [0.5, 0.6) is 5.75 Å². The van der Waals surface area contributed by atoms with Gasteiger partial charge in [0.25, 0.3) is 0 Å². The Hall–Kier alpha value is -2.84. The standard InChI is InChI=1S/C22H25N3O2/c1-27-20-11-9-18(10-12-20)17-7-5-16(6-8-17)14-19(15-23)25-22(26)21-4-2-3-13-24-21/h5-12,19,21,24H,2-4,13-14H2,1H3,(H,25,26)/t19-,21-/m0/s1. The molecule has 1 heterocycles. The second-order valence-electron chi connectivity index (χ2n) is 6.82. The zero-order valence-electron chi connectivity index (χ0n) is 15.6. The molecule has 2 aromatic rings. The molecule has 0 saturated carbocycles. The maximum atomic E-state index is 12.3. The Kier molecular flexibility index (Phi) is 6.45. The average molecular weight is 363 g/mol. The summed E-state index contributed by atoms with van der Waals surface area (Å²) in [5.41, 5.74) is 3.23. The molecule has 0 radical (unpaired) electrons. The Morgan fingerprint density at radius 1 is 1.19 bits per heavy atom. The Balaban J connectivity index is 1.60. The number of carbonyl (C=O) groups excluding carboxylic acids is 1. The molecule has 1 aliphatic heterocycles. The van der Waals surface area contributed by atoms with Crippen molar-refractivity contribution in [1.82, 2.24) is 10.6 Å². The maximum Gasteiger partial charge on any atom is 0.238 e. The summed E-state index contributed by atoms with van der Waals surface area (Å²) in [7, 11) is 1.65. The molecule has 140 valence electrons. The minimum Gasteiger partial charge on any atom is -0.497 e. The summed E-state index contributed by atoms with van der Waals surface area (Å²) in [5, 5.41) is 15.5. The van der Waals surface area contributed by atoms with Crippen molar-refractivity contribution in [2.75, 3.05) is 13.7 Å². The topological polar surface area (TPSA) is 74.1 Å². The van der Waals surface area contributed by atoms with E-state index in [9.17, 15) is 10.1 Å². The van der Waals surface area contributed by atoms with Crippen LogP contribution in [-0.4, -0.2) is 31.6 Å². The van der Waals surface area contributed by atoms with Crippen LogP contribution in [0.1, 0.15) is 24.8 Å². The predicted molar refractivity (Wildman–Crippen MR) is 105 cm³/mol. The van der Waals surface area contributed by atoms with Crippen LogP contribution in [0.15, 0.2) is 48.5 Å². The summed E-state index contributed by atoms with van der Waals surface area (Å²) >= 11 is 0. The van der Waals surface area contributed by atoms with Gasteiger partial charge >= 0.3 is 0 Å². The Bertz CT molecular complexity index is 788. The summed E-state index contributed by atoms with van der Waals surface area (Å²) in [5.74, 6) is 0.756. The molecular formula is C22H25N3O2. The first-order valence-corrected chi connectivity index (χ1v) is 9.36. The molecule has 0 unspecified atom stereocenters. The van der Waals surface area contributed by atoms with E-state index in [0.717, 1.165) is 48.2 Å². The highest BCUT2D eigenvalue weighted by Gasteiger charge is 2.22. The molecule has 2 aromatic carbocycles. The zero-order chi connectivity index (χ0) is 19.1. The molecule has 0 aliphatic carbocycles. The lowest BCUT2D eigenvalue weighted by atomic mass is 10.00. The Labute approximate surface area is 160 Å². The van der Waals surface area contributed by atoms with E-state index in [0.29, 0.717) is 6.42 Å². The summed E-state index contributed by atoms with van der Waals surface area (Å²) in [6.07, 6.45) is 3.49.